The van der Waals surface area contributed by atoms with Crippen molar-refractivity contribution in [1.29, 1.82) is 0 Å². The van der Waals surface area contributed by atoms with Crippen molar-refractivity contribution in [3.63, 3.8) is 0 Å². The van der Waals surface area contributed by atoms with Crippen LogP contribution in [-0.4, -0.2) is 29.6 Å². The van der Waals surface area contributed by atoms with Crippen molar-refractivity contribution >= 4 is 18.0 Å². The van der Waals surface area contributed by atoms with E-state index in [1.165, 1.54) is 5.01 Å². The minimum Gasteiger partial charge on any atom is -0.266 e. The molecule has 0 saturated carbocycles. The van der Waals surface area contributed by atoms with Crippen molar-refractivity contribution in [3.8, 4) is 0 Å². The van der Waals surface area contributed by atoms with E-state index in [-0.39, 0.29) is 11.8 Å². The summed E-state index contributed by atoms with van der Waals surface area (Å²) < 4.78 is 0. The topological polar surface area (TPSA) is 61.8 Å². The van der Waals surface area contributed by atoms with E-state index in [0.29, 0.717) is 12.2 Å². The van der Waals surface area contributed by atoms with Crippen LogP contribution in [-0.2, 0) is 9.59 Å². The third-order valence-corrected chi connectivity index (χ3v) is 1.52. The van der Waals surface area contributed by atoms with Crippen LogP contribution in [0, 0.1) is 0 Å². The summed E-state index contributed by atoms with van der Waals surface area (Å²) in [7, 11) is 0. The van der Waals surface area contributed by atoms with Crippen molar-refractivity contribution in [2.45, 2.75) is 0 Å². The van der Waals surface area contributed by atoms with Crippen molar-refractivity contribution in [1.82, 2.24) is 10.4 Å². The van der Waals surface area contributed by atoms with Gasteiger partial charge >= 0.3 is 0 Å². The highest BCUT2D eigenvalue weighted by Crippen LogP contribution is 2.11. The lowest BCUT2D eigenvalue weighted by Crippen LogP contribution is -2.42. The van der Waals surface area contributed by atoms with Crippen molar-refractivity contribution < 1.29 is 9.59 Å². The molecule has 0 bridgehead atoms. The third-order valence-electron chi connectivity index (χ3n) is 1.52. The van der Waals surface area contributed by atoms with E-state index in [9.17, 15) is 9.59 Å². The minimum absolute atomic E-state index is 0.298. The van der Waals surface area contributed by atoms with Gasteiger partial charge in [0.05, 0.1) is 6.21 Å². The number of amides is 2. The average Bonchev–Trinajstić information content (AvgIpc) is 2.45. The zero-order chi connectivity index (χ0) is 7.84. The lowest BCUT2D eigenvalue weighted by Gasteiger charge is -2.18. The summed E-state index contributed by atoms with van der Waals surface area (Å²) in [6.45, 7) is 0.510. The van der Waals surface area contributed by atoms with Crippen LogP contribution in [0.3, 0.4) is 0 Å². The summed E-state index contributed by atoms with van der Waals surface area (Å²) in [4.78, 5) is 25.3. The Morgan fingerprint density at radius 1 is 1.55 bits per heavy atom. The molecule has 0 fully saturated rings. The first-order valence-electron chi connectivity index (χ1n) is 3.15. The first kappa shape index (κ1) is 6.23. The monoisotopic (exact) mass is 151 g/mol. The van der Waals surface area contributed by atoms with Crippen LogP contribution in [0.5, 0.6) is 0 Å². The van der Waals surface area contributed by atoms with E-state index >= 15 is 0 Å². The molecule has 2 amide bonds. The van der Waals surface area contributed by atoms with Gasteiger partial charge in [0.25, 0.3) is 11.8 Å². The molecule has 0 aromatic carbocycles. The summed E-state index contributed by atoms with van der Waals surface area (Å²) in [6.07, 6.45) is 2.65. The molecule has 0 spiro atoms. The number of fused-ring (bicyclic) bond motifs is 1. The quantitative estimate of drug-likeness (QED) is 0.474. The Morgan fingerprint density at radius 3 is 3.09 bits per heavy atom. The molecule has 2 rings (SSSR count). The molecule has 2 heterocycles. The molecule has 0 atom stereocenters. The maximum atomic E-state index is 10.9. The zero-order valence-electron chi connectivity index (χ0n) is 5.57. The van der Waals surface area contributed by atoms with Gasteiger partial charge in [0.1, 0.15) is 5.70 Å². The maximum absolute atomic E-state index is 10.9. The van der Waals surface area contributed by atoms with Gasteiger partial charge in [-0.25, -0.2) is 15.4 Å². The van der Waals surface area contributed by atoms with Gasteiger partial charge in [0, 0.05) is 6.54 Å². The Kier molecular flexibility index (Phi) is 1.13. The van der Waals surface area contributed by atoms with Gasteiger partial charge in [-0.3, -0.25) is 9.59 Å². The number of aliphatic imine (C=N–C) groups is 1. The summed E-state index contributed by atoms with van der Waals surface area (Å²) in [6, 6.07) is 0. The Labute approximate surface area is 62.4 Å². The van der Waals surface area contributed by atoms with Gasteiger partial charge in [-0.2, -0.15) is 0 Å². The van der Waals surface area contributed by atoms with E-state index in [1.54, 1.807) is 6.08 Å². The first-order valence-corrected chi connectivity index (χ1v) is 3.15. The highest BCUT2D eigenvalue weighted by Gasteiger charge is 2.29. The number of nitrogens with zero attached hydrogens (tertiary/aromatic N) is 2. The second-order valence-electron chi connectivity index (χ2n) is 2.19. The number of hydrogen-bond acceptors (Lipinski definition) is 3. The zero-order valence-corrected chi connectivity index (χ0v) is 5.57. The predicted molar refractivity (Wildman–Crippen MR) is 36.4 cm³/mol. The Hall–Kier alpha value is -1.49. The van der Waals surface area contributed by atoms with E-state index in [2.05, 4.69) is 10.4 Å². The fraction of sp³-hybridized carbons (Fsp3) is 0.167. The van der Waals surface area contributed by atoms with Crippen LogP contribution < -0.4 is 5.43 Å². The molecule has 0 aromatic rings. The first-order chi connectivity index (χ1) is 5.29. The Balaban J connectivity index is 2.44. The molecule has 0 aliphatic carbocycles. The molecular formula is C6H5N3O2. The molecule has 2 aliphatic heterocycles. The predicted octanol–water partition coefficient (Wildman–Crippen LogP) is -1.17. The second-order valence-corrected chi connectivity index (χ2v) is 2.19. The van der Waals surface area contributed by atoms with Gasteiger partial charge in [-0.1, -0.05) is 0 Å². The number of rotatable bonds is 0. The molecule has 5 nitrogen and oxygen atoms in total. The summed E-state index contributed by atoms with van der Waals surface area (Å²) in [5.41, 5.74) is 3.05. The van der Waals surface area contributed by atoms with Crippen LogP contribution in [0.15, 0.2) is 16.8 Å². The summed E-state index contributed by atoms with van der Waals surface area (Å²) >= 11 is 0. The fourth-order valence-corrected chi connectivity index (χ4v) is 1.03. The number of hydrogen-bond donors (Lipinski definition) is 1. The molecule has 5 heteroatoms. The van der Waals surface area contributed by atoms with Gasteiger partial charge in [0.15, 0.2) is 0 Å². The highest BCUT2D eigenvalue weighted by atomic mass is 16.2. The van der Waals surface area contributed by atoms with Crippen LogP contribution >= 0.6 is 0 Å². The summed E-state index contributed by atoms with van der Waals surface area (Å²) in [5.74, 6) is -0.664. The molecule has 0 radical (unpaired) electrons. The van der Waals surface area contributed by atoms with E-state index < -0.39 is 0 Å². The van der Waals surface area contributed by atoms with Crippen LogP contribution in [0.25, 0.3) is 0 Å². The highest BCUT2D eigenvalue weighted by molar-refractivity contribution is 6.32. The minimum atomic E-state index is -0.366. The Morgan fingerprint density at radius 2 is 2.36 bits per heavy atom. The molecular weight excluding hydrogens is 146 g/mol. The standard InChI is InChI=1S/C6H5N3O2/c10-5-3-7-6(11)4-1-2-8-9(4)5/h1,3,8H,2H2. The number of hydrazine groups is 1. The van der Waals surface area contributed by atoms with Crippen LogP contribution in [0.1, 0.15) is 0 Å². The van der Waals surface area contributed by atoms with E-state index in [0.717, 1.165) is 6.21 Å². The number of nitrogens with one attached hydrogen (secondary N) is 1. The van der Waals surface area contributed by atoms with E-state index in [4.69, 9.17) is 0 Å². The lowest BCUT2D eigenvalue weighted by molar-refractivity contribution is -0.128. The van der Waals surface area contributed by atoms with E-state index in [1.807, 2.05) is 0 Å². The molecule has 56 valence electrons. The third kappa shape index (κ3) is 0.779. The molecule has 0 saturated heterocycles. The van der Waals surface area contributed by atoms with Crippen LogP contribution in [0.2, 0.25) is 0 Å². The smallest absolute Gasteiger partial charge is 0.266 e. The van der Waals surface area contributed by atoms with Gasteiger partial charge in [0.2, 0.25) is 0 Å². The normalized spacial score (nSPS) is 22.2. The van der Waals surface area contributed by atoms with Gasteiger partial charge < -0.3 is 0 Å². The van der Waals surface area contributed by atoms with Gasteiger partial charge in [-0.15, -0.1) is 0 Å². The second kappa shape index (κ2) is 2.00. The molecule has 0 aromatic heterocycles. The fourth-order valence-electron chi connectivity index (χ4n) is 1.03. The average molecular weight is 151 g/mol. The summed E-state index contributed by atoms with van der Waals surface area (Å²) in [5, 5.41) is 1.20. The molecule has 11 heavy (non-hydrogen) atoms. The number of carbonyl (C=O) groups excluding carboxylic acids is 2. The maximum Gasteiger partial charge on any atom is 0.295 e. The number of carbonyl (C=O) groups is 2. The van der Waals surface area contributed by atoms with Crippen molar-refractivity contribution in [2.75, 3.05) is 6.54 Å². The lowest BCUT2D eigenvalue weighted by atomic mass is 10.3. The molecule has 0 unspecified atom stereocenters. The van der Waals surface area contributed by atoms with Crippen molar-refractivity contribution in [2.24, 2.45) is 4.99 Å². The van der Waals surface area contributed by atoms with Gasteiger partial charge in [-0.05, 0) is 6.08 Å². The van der Waals surface area contributed by atoms with Crippen LogP contribution in [0.4, 0.5) is 0 Å². The molecule has 2 aliphatic rings. The largest absolute Gasteiger partial charge is 0.295 e. The van der Waals surface area contributed by atoms with Crippen molar-refractivity contribution in [3.05, 3.63) is 11.8 Å². The molecule has 1 N–H and O–H groups in total. The SMILES string of the molecule is O=C1N=CC(=O)N2NCC=C12. The Bertz CT molecular complexity index is 292.